The summed E-state index contributed by atoms with van der Waals surface area (Å²) < 4.78 is 36.3. The van der Waals surface area contributed by atoms with E-state index in [1.807, 2.05) is 4.90 Å². The summed E-state index contributed by atoms with van der Waals surface area (Å²) in [6, 6.07) is 3.01. The molecule has 3 aromatic heterocycles. The van der Waals surface area contributed by atoms with Crippen LogP contribution in [0.25, 0.3) is 17.2 Å². The van der Waals surface area contributed by atoms with Crippen molar-refractivity contribution in [1.29, 1.82) is 0 Å². The summed E-state index contributed by atoms with van der Waals surface area (Å²) in [4.78, 5) is 15.2. The zero-order valence-electron chi connectivity index (χ0n) is 16.4. The lowest BCUT2D eigenvalue weighted by Crippen LogP contribution is -2.40. The Kier molecular flexibility index (Phi) is 5.17. The molecule has 0 spiro atoms. The number of pyridine rings is 1. The number of aromatic nitrogens is 4. The lowest BCUT2D eigenvalue weighted by Gasteiger charge is -2.29. The minimum atomic E-state index is -0.480. The Balaban J connectivity index is 1.60. The highest BCUT2D eigenvalue weighted by atomic mass is 19.1. The molecule has 5 heterocycles. The lowest BCUT2D eigenvalue weighted by molar-refractivity contribution is 0.122. The number of anilines is 2. The average Bonchev–Trinajstić information content (AvgIpc) is 3.19. The van der Waals surface area contributed by atoms with E-state index < -0.39 is 11.6 Å². The Morgan fingerprint density at radius 1 is 1.17 bits per heavy atom. The summed E-state index contributed by atoms with van der Waals surface area (Å²) in [5.41, 5.74) is 1.07. The molecule has 2 saturated heterocycles. The van der Waals surface area contributed by atoms with Crippen molar-refractivity contribution < 1.29 is 13.5 Å². The average molecular weight is 415 g/mol. The maximum Gasteiger partial charge on any atom is 0.207 e. The molecule has 0 saturated carbocycles. The first-order valence-electron chi connectivity index (χ1n) is 10.2. The number of morpholine rings is 1. The van der Waals surface area contributed by atoms with E-state index in [4.69, 9.17) is 4.74 Å². The first-order chi connectivity index (χ1) is 14.7. The van der Waals surface area contributed by atoms with Crippen LogP contribution in [0.1, 0.15) is 12.8 Å². The number of fused-ring (bicyclic) bond motifs is 1. The van der Waals surface area contributed by atoms with Crippen molar-refractivity contribution in [2.45, 2.75) is 18.9 Å². The Morgan fingerprint density at radius 3 is 2.83 bits per heavy atom. The molecule has 3 aromatic rings. The molecule has 1 unspecified atom stereocenters. The van der Waals surface area contributed by atoms with Gasteiger partial charge in [0.15, 0.2) is 17.5 Å². The fourth-order valence-corrected chi connectivity index (χ4v) is 3.92. The molecule has 2 fully saturated rings. The molecule has 0 bridgehead atoms. The molecule has 2 N–H and O–H groups in total. The quantitative estimate of drug-likeness (QED) is 0.675. The molecule has 0 radical (unpaired) electrons. The molecule has 2 aliphatic rings. The number of rotatable bonds is 4. The van der Waals surface area contributed by atoms with Crippen LogP contribution in [-0.4, -0.2) is 64.8 Å². The third kappa shape index (κ3) is 3.68. The third-order valence-electron chi connectivity index (χ3n) is 5.48. The minimum absolute atomic E-state index is 0.0770. The van der Waals surface area contributed by atoms with Crippen molar-refractivity contribution >= 4 is 17.3 Å². The van der Waals surface area contributed by atoms with Crippen molar-refractivity contribution in [3.63, 3.8) is 0 Å². The van der Waals surface area contributed by atoms with Gasteiger partial charge in [-0.2, -0.15) is 4.39 Å². The highest BCUT2D eigenvalue weighted by Crippen LogP contribution is 2.29. The SMILES string of the molecule is Fc1ccc2ncc(-c3nc(NC4CCCNC4)c(F)c(N4CCOCC4)n3)n2c1. The second-order valence-corrected chi connectivity index (χ2v) is 7.54. The van der Waals surface area contributed by atoms with Crippen LogP contribution >= 0.6 is 0 Å². The molecule has 30 heavy (non-hydrogen) atoms. The van der Waals surface area contributed by atoms with Crippen LogP contribution in [-0.2, 0) is 4.74 Å². The van der Waals surface area contributed by atoms with E-state index in [9.17, 15) is 4.39 Å². The number of ether oxygens (including phenoxy) is 1. The Hall–Kier alpha value is -2.85. The monoisotopic (exact) mass is 415 g/mol. The van der Waals surface area contributed by atoms with Gasteiger partial charge >= 0.3 is 0 Å². The number of nitrogens with zero attached hydrogens (tertiary/aromatic N) is 5. The number of hydrogen-bond donors (Lipinski definition) is 2. The highest BCUT2D eigenvalue weighted by molar-refractivity contribution is 5.63. The summed E-state index contributed by atoms with van der Waals surface area (Å²) in [6.45, 7) is 3.80. The smallest absolute Gasteiger partial charge is 0.207 e. The molecular formula is C20H23F2N7O. The largest absolute Gasteiger partial charge is 0.378 e. The van der Waals surface area contributed by atoms with Gasteiger partial charge in [0.2, 0.25) is 5.82 Å². The van der Waals surface area contributed by atoms with E-state index in [0.29, 0.717) is 43.5 Å². The van der Waals surface area contributed by atoms with Crippen LogP contribution in [0.5, 0.6) is 0 Å². The zero-order chi connectivity index (χ0) is 20.5. The molecule has 0 aromatic carbocycles. The summed E-state index contributed by atoms with van der Waals surface area (Å²) in [6.07, 6.45) is 4.85. The van der Waals surface area contributed by atoms with Gasteiger partial charge in [0.25, 0.3) is 0 Å². The fraction of sp³-hybridized carbons (Fsp3) is 0.450. The minimum Gasteiger partial charge on any atom is -0.378 e. The molecule has 5 rings (SSSR count). The van der Waals surface area contributed by atoms with Gasteiger partial charge < -0.3 is 20.3 Å². The Morgan fingerprint density at radius 2 is 2.03 bits per heavy atom. The second-order valence-electron chi connectivity index (χ2n) is 7.54. The normalized spacial score (nSPS) is 19.9. The first kappa shape index (κ1) is 19.1. The fourth-order valence-electron chi connectivity index (χ4n) is 3.92. The second kappa shape index (κ2) is 8.11. The van der Waals surface area contributed by atoms with E-state index in [1.54, 1.807) is 16.7 Å². The maximum absolute atomic E-state index is 15.4. The van der Waals surface area contributed by atoms with Gasteiger partial charge in [-0.15, -0.1) is 0 Å². The Labute approximate surface area is 172 Å². The van der Waals surface area contributed by atoms with Crippen LogP contribution in [0.3, 0.4) is 0 Å². The summed E-state index contributed by atoms with van der Waals surface area (Å²) in [5.74, 6) is -0.208. The molecule has 2 aliphatic heterocycles. The summed E-state index contributed by atoms with van der Waals surface area (Å²) >= 11 is 0. The molecular weight excluding hydrogens is 392 g/mol. The number of halogens is 2. The number of imidazole rings is 1. The van der Waals surface area contributed by atoms with E-state index in [0.717, 1.165) is 25.9 Å². The summed E-state index contributed by atoms with van der Waals surface area (Å²) in [7, 11) is 0. The number of piperidine rings is 1. The van der Waals surface area contributed by atoms with Gasteiger partial charge in [0, 0.05) is 31.9 Å². The lowest BCUT2D eigenvalue weighted by atomic mass is 10.1. The molecule has 10 heteroatoms. The molecule has 1 atom stereocenters. The van der Waals surface area contributed by atoms with Crippen molar-refractivity contribution in [3.8, 4) is 11.5 Å². The van der Waals surface area contributed by atoms with E-state index in [1.165, 1.54) is 12.3 Å². The van der Waals surface area contributed by atoms with Crippen molar-refractivity contribution in [2.24, 2.45) is 0 Å². The predicted molar refractivity (Wildman–Crippen MR) is 109 cm³/mol. The third-order valence-corrected chi connectivity index (χ3v) is 5.48. The molecule has 8 nitrogen and oxygen atoms in total. The van der Waals surface area contributed by atoms with Gasteiger partial charge in [-0.3, -0.25) is 4.40 Å². The molecule has 0 amide bonds. The van der Waals surface area contributed by atoms with Gasteiger partial charge in [-0.05, 0) is 31.5 Å². The standard InChI is InChI=1S/C20H23F2N7O/c21-13-3-4-16-24-11-15(29(16)12-13)18-26-19(25-14-2-1-5-23-10-14)17(22)20(27-18)28-6-8-30-9-7-28/h3-4,11-12,14,23H,1-2,5-10H2,(H,25,26,27). The van der Waals surface area contributed by atoms with Gasteiger partial charge in [0.05, 0.1) is 19.4 Å². The van der Waals surface area contributed by atoms with Gasteiger partial charge in [-0.25, -0.2) is 19.3 Å². The van der Waals surface area contributed by atoms with Crippen LogP contribution in [0.2, 0.25) is 0 Å². The van der Waals surface area contributed by atoms with Gasteiger partial charge in [0.1, 0.15) is 17.2 Å². The van der Waals surface area contributed by atoms with Gasteiger partial charge in [-0.1, -0.05) is 0 Å². The first-order valence-corrected chi connectivity index (χ1v) is 10.2. The highest BCUT2D eigenvalue weighted by Gasteiger charge is 2.25. The molecule has 0 aliphatic carbocycles. The van der Waals surface area contributed by atoms with Crippen LogP contribution in [0.4, 0.5) is 20.4 Å². The van der Waals surface area contributed by atoms with Crippen molar-refractivity contribution in [1.82, 2.24) is 24.7 Å². The Bertz CT molecular complexity index is 1050. The van der Waals surface area contributed by atoms with Crippen molar-refractivity contribution in [3.05, 3.63) is 36.2 Å². The van der Waals surface area contributed by atoms with E-state index in [2.05, 4.69) is 25.6 Å². The van der Waals surface area contributed by atoms with Crippen molar-refractivity contribution in [2.75, 3.05) is 49.6 Å². The van der Waals surface area contributed by atoms with Crippen LogP contribution in [0, 0.1) is 11.6 Å². The van der Waals surface area contributed by atoms with Crippen LogP contribution < -0.4 is 15.5 Å². The topological polar surface area (TPSA) is 79.6 Å². The zero-order valence-corrected chi connectivity index (χ0v) is 16.4. The number of nitrogens with one attached hydrogen (secondary N) is 2. The maximum atomic E-state index is 15.4. The summed E-state index contributed by atoms with van der Waals surface area (Å²) in [5, 5.41) is 6.55. The van der Waals surface area contributed by atoms with Crippen LogP contribution in [0.15, 0.2) is 24.5 Å². The molecule has 158 valence electrons. The van der Waals surface area contributed by atoms with E-state index in [-0.39, 0.29) is 17.7 Å². The van der Waals surface area contributed by atoms with E-state index >= 15 is 4.39 Å². The number of hydrogen-bond acceptors (Lipinski definition) is 7. The predicted octanol–water partition coefficient (Wildman–Crippen LogP) is 2.07.